The Morgan fingerprint density at radius 1 is 0.327 bits per heavy atom. The molecule has 0 saturated heterocycles. The monoisotopic (exact) mass is 1530 g/mol. The van der Waals surface area contributed by atoms with Gasteiger partial charge in [0.15, 0.2) is 0 Å². The van der Waals surface area contributed by atoms with Gasteiger partial charge in [0.25, 0.3) is 0 Å². The maximum absolute atomic E-state index is 14.3. The lowest BCUT2D eigenvalue weighted by Crippen LogP contribution is -2.37. The summed E-state index contributed by atoms with van der Waals surface area (Å²) in [6.07, 6.45) is 16.0. The Hall–Kier alpha value is -7.26. The van der Waals surface area contributed by atoms with Gasteiger partial charge in [0.05, 0.1) is 30.6 Å². The molecule has 0 bridgehead atoms. The van der Waals surface area contributed by atoms with E-state index in [-0.39, 0.29) is 44.2 Å². The molecule has 4 saturated carbocycles. The van der Waals surface area contributed by atoms with E-state index in [0.717, 1.165) is 219 Å². The van der Waals surface area contributed by atoms with Crippen LogP contribution in [0.1, 0.15) is 242 Å². The highest BCUT2D eigenvalue weighted by Gasteiger charge is 2.62. The van der Waals surface area contributed by atoms with Crippen LogP contribution in [0.3, 0.4) is 0 Å². The van der Waals surface area contributed by atoms with Crippen molar-refractivity contribution in [2.75, 3.05) is 0 Å². The molecule has 4 heterocycles. The summed E-state index contributed by atoms with van der Waals surface area (Å²) in [5.41, 5.74) is 13.2. The van der Waals surface area contributed by atoms with Gasteiger partial charge in [-0.15, -0.1) is 45.3 Å². The number of thiocarbonyl (C=S) groups is 4. The minimum atomic E-state index is -4.70. The Morgan fingerprint density at radius 2 is 0.606 bits per heavy atom. The summed E-state index contributed by atoms with van der Waals surface area (Å²) >= 11 is 31.7. The zero-order valence-corrected chi connectivity index (χ0v) is 62.3. The zero-order chi connectivity index (χ0) is 71.2. The summed E-state index contributed by atoms with van der Waals surface area (Å²) in [5.74, 6) is -2.55. The fourth-order valence-electron chi connectivity index (χ4n) is 21.2. The van der Waals surface area contributed by atoms with Crippen molar-refractivity contribution in [3.63, 3.8) is 0 Å². The van der Waals surface area contributed by atoms with Gasteiger partial charge < -0.3 is 0 Å². The normalized spacial score (nSPS) is 25.2. The number of carbonyl (C=O) groups excluding carboxylic acids is 4. The fraction of sp³-hybridized carbons (Fsp3) is 0.302. The molecular formula is C86H60F6O4S8. The van der Waals surface area contributed by atoms with Gasteiger partial charge in [-0.2, -0.15) is 26.3 Å². The van der Waals surface area contributed by atoms with Gasteiger partial charge in [-0.3, -0.25) is 19.2 Å². The molecule has 0 N–H and O–H groups in total. The molecule has 4 fully saturated rings. The Balaban J connectivity index is 0.681. The number of alkyl halides is 6. The molecule has 0 unspecified atom stereocenters. The number of ketones is 4. The maximum Gasteiger partial charge on any atom is 0.416 e. The summed E-state index contributed by atoms with van der Waals surface area (Å²) in [5, 5.41) is 0. The number of rotatable bonds is 5. The third-order valence-electron chi connectivity index (χ3n) is 25.9. The first-order valence-electron chi connectivity index (χ1n) is 35.9. The van der Waals surface area contributed by atoms with Gasteiger partial charge in [0.2, 0.25) is 23.1 Å². The molecule has 4 spiro atoms. The van der Waals surface area contributed by atoms with Crippen LogP contribution in [0.15, 0.2) is 120 Å². The van der Waals surface area contributed by atoms with Crippen LogP contribution in [-0.4, -0.2) is 42.6 Å². The lowest BCUT2D eigenvalue weighted by atomic mass is 9.58. The Morgan fingerprint density at radius 3 is 0.894 bits per heavy atom. The topological polar surface area (TPSA) is 68.3 Å². The smallest absolute Gasteiger partial charge is 0.285 e. The Kier molecular flexibility index (Phi) is 14.7. The van der Waals surface area contributed by atoms with E-state index in [4.69, 9.17) is 48.9 Å². The van der Waals surface area contributed by atoms with Gasteiger partial charge in [-0.25, -0.2) is 0 Å². The molecule has 18 heteroatoms. The Bertz CT molecular complexity index is 5550. The van der Waals surface area contributed by atoms with E-state index in [1.807, 2.05) is 46.9 Å². The molecule has 0 radical (unpaired) electrons. The number of halogens is 6. The fourth-order valence-corrected chi connectivity index (χ4v) is 28.1. The molecule has 0 amide bonds. The number of hydrogen-bond donors (Lipinski definition) is 0. The van der Waals surface area contributed by atoms with Crippen LogP contribution >= 0.6 is 94.2 Å². The highest BCUT2D eigenvalue weighted by molar-refractivity contribution is 7.84. The predicted molar refractivity (Wildman–Crippen MR) is 421 cm³/mol. The highest BCUT2D eigenvalue weighted by atomic mass is 32.1. The van der Waals surface area contributed by atoms with Crippen LogP contribution in [-0.2, 0) is 43.6 Å². The van der Waals surface area contributed by atoms with Gasteiger partial charge >= 0.3 is 12.4 Å². The van der Waals surface area contributed by atoms with Crippen molar-refractivity contribution in [2.24, 2.45) is 11.8 Å². The molecule has 0 aliphatic heterocycles. The van der Waals surface area contributed by atoms with E-state index in [1.54, 1.807) is 17.7 Å². The van der Waals surface area contributed by atoms with Gasteiger partial charge in [0, 0.05) is 116 Å². The molecule has 20 rings (SSSR count). The average molecular weight is 1530 g/mol. The van der Waals surface area contributed by atoms with E-state index in [9.17, 15) is 45.5 Å². The number of fused-ring (bicyclic) bond motifs is 20. The molecule has 4 nitrogen and oxygen atoms in total. The third-order valence-corrected chi connectivity index (χ3v) is 32.0. The zero-order valence-electron chi connectivity index (χ0n) is 55.8. The van der Waals surface area contributed by atoms with Crippen LogP contribution in [0.2, 0.25) is 0 Å². The molecule has 8 aromatic rings. The molecular weight excluding hydrogens is 1470 g/mol. The number of thiophene rings is 4. The van der Waals surface area contributed by atoms with Crippen molar-refractivity contribution in [1.29, 1.82) is 0 Å². The van der Waals surface area contributed by atoms with Gasteiger partial charge in [-0.1, -0.05) is 136 Å². The molecule has 4 aromatic carbocycles. The van der Waals surface area contributed by atoms with Crippen LogP contribution in [0, 0.1) is 11.8 Å². The summed E-state index contributed by atoms with van der Waals surface area (Å²) < 4.78 is 85.9. The number of hydrogen-bond acceptors (Lipinski definition) is 12. The first kappa shape index (κ1) is 66.2. The Labute approximate surface area is 633 Å². The summed E-state index contributed by atoms with van der Waals surface area (Å²) in [7, 11) is 0. The summed E-state index contributed by atoms with van der Waals surface area (Å²) in [6.45, 7) is 0. The molecule has 12 aliphatic rings. The largest absolute Gasteiger partial charge is 0.416 e. The van der Waals surface area contributed by atoms with Crippen molar-refractivity contribution < 1.29 is 45.5 Å². The van der Waals surface area contributed by atoms with Crippen molar-refractivity contribution in [3.8, 4) is 0 Å². The molecule has 0 atom stereocenters. The second-order valence-corrected chi connectivity index (χ2v) is 36.6. The predicted octanol–water partition coefficient (Wildman–Crippen LogP) is 23.5. The minimum Gasteiger partial charge on any atom is -0.285 e. The summed E-state index contributed by atoms with van der Waals surface area (Å²) in [6, 6.07) is 31.4. The van der Waals surface area contributed by atoms with Crippen molar-refractivity contribution in [2.45, 2.75) is 150 Å². The van der Waals surface area contributed by atoms with Gasteiger partial charge in [-0.05, 0) is 230 Å². The van der Waals surface area contributed by atoms with E-state index in [2.05, 4.69) is 60.7 Å². The number of Topliss-reactive ketones (excluding diaryl/α,β-unsaturated/α-hetero) is 4. The number of carbonyl (C=O) groups is 4. The van der Waals surface area contributed by atoms with Gasteiger partial charge in [0.1, 0.15) is 0 Å². The SMILES string of the molecule is O=C1C(=O)c2ccc(C(F)(F)F)cc2/C1=C/c1cc2c(s1)C1=C(c3sc(/C=C4\C(=O)C(=O)c5ccc(C(F)(F)F)cc54)cc3C13CCC(C1CCC4(CC1)C1=C(c5sc(C=C6C(=S)c7ccccc7C6=S)cc54)C4(CCCCC4)c4cc(C=C5C(=S)c6ccccc6C5=S)sc41)CC3)C21CCCCC1. The summed E-state index contributed by atoms with van der Waals surface area (Å²) in [4.78, 5) is 66.9. The van der Waals surface area contributed by atoms with Crippen LogP contribution in [0.4, 0.5) is 26.3 Å². The number of allylic oxidation sites excluding steroid dienone is 8. The van der Waals surface area contributed by atoms with Crippen LogP contribution < -0.4 is 0 Å². The van der Waals surface area contributed by atoms with Crippen LogP contribution in [0.5, 0.6) is 0 Å². The quantitative estimate of drug-likeness (QED) is 0.0731. The lowest BCUT2D eigenvalue weighted by Gasteiger charge is -2.46. The first-order valence-corrected chi connectivity index (χ1v) is 40.8. The molecule has 518 valence electrons. The first-order chi connectivity index (χ1) is 50.0. The van der Waals surface area contributed by atoms with Crippen molar-refractivity contribution >= 4 is 195 Å². The second kappa shape index (κ2) is 23.1. The van der Waals surface area contributed by atoms with Crippen LogP contribution in [0.25, 0.3) is 57.7 Å². The molecule has 4 aromatic heterocycles. The van der Waals surface area contributed by atoms with E-state index in [0.29, 0.717) is 21.6 Å². The van der Waals surface area contributed by atoms with E-state index < -0.39 is 57.4 Å². The minimum absolute atomic E-state index is 0.0231. The maximum atomic E-state index is 14.3. The van der Waals surface area contributed by atoms with E-state index in [1.165, 1.54) is 76.4 Å². The van der Waals surface area contributed by atoms with E-state index >= 15 is 0 Å². The third kappa shape index (κ3) is 9.20. The average Bonchev–Trinajstić information content (AvgIpc) is 1.50. The molecule has 104 heavy (non-hydrogen) atoms. The van der Waals surface area contributed by atoms with Crippen molar-refractivity contribution in [3.05, 3.63) is 237 Å². The highest BCUT2D eigenvalue weighted by Crippen LogP contribution is 2.75. The second-order valence-electron chi connectivity index (χ2n) is 30.7. The van der Waals surface area contributed by atoms with Crippen molar-refractivity contribution in [1.82, 2.24) is 0 Å². The lowest BCUT2D eigenvalue weighted by molar-refractivity contribution is -0.138. The number of benzene rings is 4. The molecule has 12 aliphatic carbocycles. The standard InChI is InChI=1S/C86H60F6O4S8/c87-85(88,89)43-15-17-49-55(31-43)57(71(95)69(49)93)33-45-37-61-77(101-45)67-65(81(61)23-7-1-8-24-81)79-63(38-46(102-79)34-58-56-32-44(86(90,91)92)16-18-50(56)70(94)72(58)96)83(67)27-19-41(20-28-83)42-21-29-84(30-22-42)64-40-48(36-60-75(99)53-13-5-6-14-54(53)76(60)100)104-80(64)66-68(84)78-62(82(66)25-9-2-10-26-82)39-47(103-78)35-59-73(97)51-11-3-4-12-52(51)74(59)98/h3-6,11-18,31-42H,1-2,7-10,19-30H2/b57-33-,58-34-.